The number of carbonyl (C=O) groups excluding carboxylic acids is 2. The molecule has 172 valence electrons. The Bertz CT molecular complexity index is 1230. The van der Waals surface area contributed by atoms with Crippen molar-refractivity contribution in [2.24, 2.45) is 0 Å². The average Bonchev–Trinajstić information content (AvgIpc) is 2.81. The van der Waals surface area contributed by atoms with Crippen molar-refractivity contribution in [3.63, 3.8) is 0 Å². The van der Waals surface area contributed by atoms with Crippen LogP contribution >= 0.6 is 11.6 Å². The summed E-state index contributed by atoms with van der Waals surface area (Å²) in [5, 5.41) is 2.62. The number of benzene rings is 3. The molecule has 0 aliphatic carbocycles. The third kappa shape index (κ3) is 7.15. The molecule has 0 radical (unpaired) electrons. The molecule has 0 aromatic heterocycles. The number of rotatable bonds is 9. The van der Waals surface area contributed by atoms with E-state index >= 15 is 0 Å². The number of ether oxygens (including phenoxy) is 1. The molecule has 0 heterocycles. The molecule has 0 saturated carbocycles. The van der Waals surface area contributed by atoms with Crippen LogP contribution in [0.1, 0.15) is 27.0 Å². The second kappa shape index (κ2) is 11.1. The monoisotopic (exact) mass is 486 g/mol. The van der Waals surface area contributed by atoms with Crippen LogP contribution in [0.25, 0.3) is 0 Å². The van der Waals surface area contributed by atoms with Gasteiger partial charge in [-0.15, -0.1) is 0 Å². The van der Waals surface area contributed by atoms with Gasteiger partial charge in [0.1, 0.15) is 4.90 Å². The van der Waals surface area contributed by atoms with Gasteiger partial charge >= 0.3 is 5.97 Å². The van der Waals surface area contributed by atoms with Crippen molar-refractivity contribution in [2.45, 2.75) is 24.9 Å². The van der Waals surface area contributed by atoms with E-state index in [9.17, 15) is 18.0 Å². The van der Waals surface area contributed by atoms with Crippen LogP contribution in [-0.4, -0.2) is 26.9 Å². The maximum absolute atomic E-state index is 12.7. The SMILES string of the molecule is Cc1ccc(CNC(=O)COC(=O)c2ccc(Cl)c(S(=O)(=O)NCc3ccccc3)c2)cc1. The minimum atomic E-state index is -3.99. The van der Waals surface area contributed by atoms with Crippen molar-refractivity contribution in [3.8, 4) is 0 Å². The summed E-state index contributed by atoms with van der Waals surface area (Å²) < 4.78 is 32.9. The summed E-state index contributed by atoms with van der Waals surface area (Å²) in [5.74, 6) is -1.31. The molecule has 33 heavy (non-hydrogen) atoms. The minimum absolute atomic E-state index is 0.0363. The number of halogens is 1. The zero-order valence-corrected chi connectivity index (χ0v) is 19.4. The van der Waals surface area contributed by atoms with Crippen LogP contribution in [0.5, 0.6) is 0 Å². The summed E-state index contributed by atoms with van der Waals surface area (Å²) >= 11 is 6.07. The van der Waals surface area contributed by atoms with Crippen LogP contribution in [-0.2, 0) is 32.6 Å². The number of aryl methyl sites for hydroxylation is 1. The van der Waals surface area contributed by atoms with Crippen molar-refractivity contribution in [1.29, 1.82) is 0 Å². The van der Waals surface area contributed by atoms with Crippen molar-refractivity contribution < 1.29 is 22.7 Å². The molecular weight excluding hydrogens is 464 g/mol. The summed E-state index contributed by atoms with van der Waals surface area (Å²) in [7, 11) is -3.99. The number of hydrogen-bond acceptors (Lipinski definition) is 5. The molecule has 2 N–H and O–H groups in total. The minimum Gasteiger partial charge on any atom is -0.452 e. The lowest BCUT2D eigenvalue weighted by molar-refractivity contribution is -0.124. The van der Waals surface area contributed by atoms with E-state index in [0.717, 1.165) is 22.8 Å². The highest BCUT2D eigenvalue weighted by Gasteiger charge is 2.21. The Labute approximate surface area is 197 Å². The summed E-state index contributed by atoms with van der Waals surface area (Å²) in [6.07, 6.45) is 0. The molecule has 0 bridgehead atoms. The molecule has 0 spiro atoms. The summed E-state index contributed by atoms with van der Waals surface area (Å²) in [4.78, 5) is 24.1. The van der Waals surface area contributed by atoms with Gasteiger partial charge in [-0.1, -0.05) is 71.8 Å². The predicted octanol–water partition coefficient (Wildman–Crippen LogP) is 3.60. The zero-order valence-electron chi connectivity index (χ0n) is 17.9. The lowest BCUT2D eigenvalue weighted by Crippen LogP contribution is -2.28. The Balaban J connectivity index is 1.58. The highest BCUT2D eigenvalue weighted by Crippen LogP contribution is 2.23. The van der Waals surface area contributed by atoms with E-state index in [0.29, 0.717) is 6.54 Å². The molecule has 3 aromatic rings. The summed E-state index contributed by atoms with van der Waals surface area (Å²) in [6, 6.07) is 20.4. The normalized spacial score (nSPS) is 11.1. The molecule has 1 amide bonds. The molecule has 3 aromatic carbocycles. The fourth-order valence-electron chi connectivity index (χ4n) is 2.86. The van der Waals surface area contributed by atoms with Crippen LogP contribution in [0.2, 0.25) is 5.02 Å². The molecule has 0 aliphatic heterocycles. The fraction of sp³-hybridized carbons (Fsp3) is 0.167. The second-order valence-corrected chi connectivity index (χ2v) is 9.44. The van der Waals surface area contributed by atoms with E-state index in [1.54, 1.807) is 24.3 Å². The first-order chi connectivity index (χ1) is 15.7. The van der Waals surface area contributed by atoms with E-state index in [2.05, 4.69) is 10.0 Å². The highest BCUT2D eigenvalue weighted by molar-refractivity contribution is 7.89. The maximum atomic E-state index is 12.7. The fourth-order valence-corrected chi connectivity index (χ4v) is 4.40. The number of hydrogen-bond donors (Lipinski definition) is 2. The number of sulfonamides is 1. The van der Waals surface area contributed by atoms with E-state index in [1.165, 1.54) is 12.1 Å². The standard InChI is InChI=1S/C24H23ClN2O5S/c1-17-7-9-19(10-8-17)14-26-23(28)16-32-24(29)20-11-12-21(25)22(13-20)33(30,31)27-15-18-5-3-2-4-6-18/h2-13,27H,14-16H2,1H3,(H,26,28). The van der Waals surface area contributed by atoms with Crippen LogP contribution in [0.4, 0.5) is 0 Å². The maximum Gasteiger partial charge on any atom is 0.338 e. The lowest BCUT2D eigenvalue weighted by Gasteiger charge is -2.11. The number of nitrogens with one attached hydrogen (secondary N) is 2. The Morgan fingerprint density at radius 1 is 0.909 bits per heavy atom. The summed E-state index contributed by atoms with van der Waals surface area (Å²) in [6.45, 7) is 1.83. The number of carbonyl (C=O) groups is 2. The van der Waals surface area contributed by atoms with Gasteiger partial charge in [0, 0.05) is 13.1 Å². The third-order valence-electron chi connectivity index (χ3n) is 4.71. The van der Waals surface area contributed by atoms with Gasteiger partial charge in [0.05, 0.1) is 10.6 Å². The molecule has 0 fully saturated rings. The van der Waals surface area contributed by atoms with Gasteiger partial charge in [0.25, 0.3) is 5.91 Å². The first-order valence-electron chi connectivity index (χ1n) is 10.1. The van der Waals surface area contributed by atoms with Gasteiger partial charge < -0.3 is 10.1 Å². The van der Waals surface area contributed by atoms with Gasteiger partial charge in [-0.2, -0.15) is 0 Å². The van der Waals surface area contributed by atoms with Crippen LogP contribution in [0.3, 0.4) is 0 Å². The second-order valence-electron chi connectivity index (χ2n) is 7.29. The first-order valence-corrected chi connectivity index (χ1v) is 11.9. The van der Waals surface area contributed by atoms with Crippen molar-refractivity contribution >= 4 is 33.5 Å². The number of esters is 1. The molecule has 7 nitrogen and oxygen atoms in total. The Morgan fingerprint density at radius 2 is 1.58 bits per heavy atom. The third-order valence-corrected chi connectivity index (χ3v) is 6.59. The predicted molar refractivity (Wildman–Crippen MR) is 125 cm³/mol. The molecule has 0 unspecified atom stereocenters. The van der Waals surface area contributed by atoms with Crippen LogP contribution in [0.15, 0.2) is 77.7 Å². The van der Waals surface area contributed by atoms with Gasteiger partial charge in [0.2, 0.25) is 10.0 Å². The van der Waals surface area contributed by atoms with Crippen LogP contribution in [0, 0.1) is 6.92 Å². The summed E-state index contributed by atoms with van der Waals surface area (Å²) in [5.41, 5.74) is 2.75. The van der Waals surface area contributed by atoms with E-state index < -0.39 is 28.5 Å². The molecule has 0 saturated heterocycles. The first kappa shape index (κ1) is 24.4. The van der Waals surface area contributed by atoms with Gasteiger partial charge in [-0.25, -0.2) is 17.9 Å². The van der Waals surface area contributed by atoms with Crippen molar-refractivity contribution in [1.82, 2.24) is 10.0 Å². The van der Waals surface area contributed by atoms with Crippen molar-refractivity contribution in [2.75, 3.05) is 6.61 Å². The molecular formula is C24H23ClN2O5S. The Hall–Kier alpha value is -3.20. The molecule has 0 aliphatic rings. The zero-order chi connectivity index (χ0) is 23.8. The van der Waals surface area contributed by atoms with Crippen LogP contribution < -0.4 is 10.0 Å². The van der Waals surface area contributed by atoms with Gasteiger partial charge in [-0.3, -0.25) is 4.79 Å². The largest absolute Gasteiger partial charge is 0.452 e. The van der Waals surface area contributed by atoms with Gasteiger partial charge in [-0.05, 0) is 36.2 Å². The topological polar surface area (TPSA) is 102 Å². The van der Waals surface area contributed by atoms with E-state index in [-0.39, 0.29) is 22.0 Å². The van der Waals surface area contributed by atoms with E-state index in [4.69, 9.17) is 16.3 Å². The van der Waals surface area contributed by atoms with E-state index in [1.807, 2.05) is 37.3 Å². The Kier molecular flexibility index (Phi) is 8.21. The molecule has 9 heteroatoms. The smallest absolute Gasteiger partial charge is 0.338 e. The van der Waals surface area contributed by atoms with Crippen molar-refractivity contribution in [3.05, 3.63) is 100 Å². The quantitative estimate of drug-likeness (QED) is 0.450. The molecule has 0 atom stereocenters. The Morgan fingerprint density at radius 3 is 2.27 bits per heavy atom. The lowest BCUT2D eigenvalue weighted by atomic mass is 10.1. The molecule has 3 rings (SSSR count). The van der Waals surface area contributed by atoms with Gasteiger partial charge in [0.15, 0.2) is 6.61 Å². The average molecular weight is 487 g/mol. The highest BCUT2D eigenvalue weighted by atomic mass is 35.5. The number of amides is 1.